The molecule has 0 saturated heterocycles. The summed E-state index contributed by atoms with van der Waals surface area (Å²) in [5.41, 5.74) is 8.28. The first-order chi connectivity index (χ1) is 21.2. The summed E-state index contributed by atoms with van der Waals surface area (Å²) in [6.07, 6.45) is -1.40. The van der Waals surface area contributed by atoms with Crippen LogP contribution in [0, 0.1) is 5.92 Å². The molecule has 0 fully saturated rings. The van der Waals surface area contributed by atoms with Crippen molar-refractivity contribution < 1.29 is 38.2 Å². The normalized spacial score (nSPS) is 12.6. The number of alkyl carbamates (subject to hydrolysis) is 1. The number of hydrogen-bond donors (Lipinski definition) is 2. The van der Waals surface area contributed by atoms with Crippen LogP contribution in [0.1, 0.15) is 30.0 Å². The van der Waals surface area contributed by atoms with Crippen molar-refractivity contribution >= 4 is 29.7 Å². The Morgan fingerprint density at radius 2 is 1.25 bits per heavy atom. The number of nitrogens with two attached hydrogens (primary N) is 1. The number of rotatable bonds is 15. The summed E-state index contributed by atoms with van der Waals surface area (Å²) in [6.45, 7) is 0.883. The standard InChI is InChI=1S/C33H37N3O8/c1-23(31(39)27(34)18-28(37)43-21-25-14-8-4-9-15-25)30(35-33(41)44-22-26-16-10-5-11-17-26)32(40)36(20-29(38)42-2)19-24-12-6-3-7-13-24/h3-17,23,27,30H,18-22,34H2,1-2H3,(H,35,41)/t23?,27-,30?/m0/s1. The summed E-state index contributed by atoms with van der Waals surface area (Å²) in [5, 5.41) is 2.48. The average Bonchev–Trinajstić information content (AvgIpc) is 3.05. The number of methoxy groups -OCH3 is 1. The van der Waals surface area contributed by atoms with Crippen molar-refractivity contribution in [3.05, 3.63) is 108 Å². The van der Waals surface area contributed by atoms with Crippen molar-refractivity contribution in [2.24, 2.45) is 11.7 Å². The molecule has 3 rings (SSSR count). The van der Waals surface area contributed by atoms with Crippen molar-refractivity contribution in [1.29, 1.82) is 0 Å². The number of benzene rings is 3. The molecule has 0 bridgehead atoms. The molecule has 0 radical (unpaired) electrons. The van der Waals surface area contributed by atoms with E-state index in [4.69, 9.17) is 19.9 Å². The maximum Gasteiger partial charge on any atom is 0.408 e. The van der Waals surface area contributed by atoms with Crippen LogP contribution in [0.4, 0.5) is 4.79 Å². The highest BCUT2D eigenvalue weighted by atomic mass is 16.5. The first-order valence-corrected chi connectivity index (χ1v) is 14.0. The second-order valence-electron chi connectivity index (χ2n) is 10.1. The number of nitrogens with zero attached hydrogens (tertiary/aromatic N) is 1. The quantitative estimate of drug-likeness (QED) is 0.197. The predicted molar refractivity (Wildman–Crippen MR) is 160 cm³/mol. The SMILES string of the molecule is COC(=O)CN(Cc1ccccc1)C(=O)C(NC(=O)OCc1ccccc1)C(C)C(=O)[C@@H](N)CC(=O)OCc1ccccc1. The van der Waals surface area contributed by atoms with Crippen LogP contribution in [0.2, 0.25) is 0 Å². The van der Waals surface area contributed by atoms with Crippen molar-refractivity contribution in [3.8, 4) is 0 Å². The number of esters is 2. The van der Waals surface area contributed by atoms with Gasteiger partial charge < -0.3 is 30.2 Å². The Balaban J connectivity index is 1.77. The molecule has 0 heterocycles. The molecule has 11 heteroatoms. The Morgan fingerprint density at radius 1 is 0.750 bits per heavy atom. The zero-order valence-corrected chi connectivity index (χ0v) is 24.7. The predicted octanol–water partition coefficient (Wildman–Crippen LogP) is 3.15. The Hall–Kier alpha value is -5.03. The lowest BCUT2D eigenvalue weighted by atomic mass is 9.90. The van der Waals surface area contributed by atoms with E-state index in [0.29, 0.717) is 11.1 Å². The molecule has 0 aliphatic carbocycles. The molecule has 3 aromatic carbocycles. The van der Waals surface area contributed by atoms with Gasteiger partial charge in [-0.2, -0.15) is 0 Å². The van der Waals surface area contributed by atoms with E-state index in [9.17, 15) is 24.0 Å². The van der Waals surface area contributed by atoms with Gasteiger partial charge in [-0.3, -0.25) is 19.2 Å². The van der Waals surface area contributed by atoms with Gasteiger partial charge >= 0.3 is 18.0 Å². The number of ketones is 1. The van der Waals surface area contributed by atoms with Crippen molar-refractivity contribution in [2.45, 2.75) is 45.2 Å². The number of hydrogen-bond acceptors (Lipinski definition) is 9. The van der Waals surface area contributed by atoms with Crippen LogP contribution in [-0.2, 0) is 53.1 Å². The van der Waals surface area contributed by atoms with E-state index < -0.39 is 60.7 Å². The van der Waals surface area contributed by atoms with Gasteiger partial charge in [-0.05, 0) is 16.7 Å². The third-order valence-electron chi connectivity index (χ3n) is 6.77. The lowest BCUT2D eigenvalue weighted by Gasteiger charge is -2.30. The zero-order valence-electron chi connectivity index (χ0n) is 24.7. The topological polar surface area (TPSA) is 154 Å². The second-order valence-corrected chi connectivity index (χ2v) is 10.1. The van der Waals surface area contributed by atoms with Crippen LogP contribution in [0.25, 0.3) is 0 Å². The molecular formula is C33H37N3O8. The number of Topliss-reactive ketones (excluding diaryl/α,β-unsaturated/α-hetero) is 1. The fourth-order valence-electron chi connectivity index (χ4n) is 4.30. The largest absolute Gasteiger partial charge is 0.468 e. The van der Waals surface area contributed by atoms with E-state index in [-0.39, 0.29) is 19.8 Å². The molecule has 3 N–H and O–H groups in total. The van der Waals surface area contributed by atoms with Gasteiger partial charge in [-0.15, -0.1) is 0 Å². The number of carbonyl (C=O) groups is 5. The summed E-state index contributed by atoms with van der Waals surface area (Å²) in [4.78, 5) is 66.1. The third kappa shape index (κ3) is 10.7. The number of nitrogens with one attached hydrogen (secondary N) is 1. The number of ether oxygens (including phenoxy) is 3. The smallest absolute Gasteiger partial charge is 0.408 e. The van der Waals surface area contributed by atoms with E-state index >= 15 is 0 Å². The summed E-state index contributed by atoms with van der Waals surface area (Å²) in [6, 6.07) is 24.0. The van der Waals surface area contributed by atoms with Crippen LogP contribution >= 0.6 is 0 Å². The lowest BCUT2D eigenvalue weighted by Crippen LogP contribution is -2.56. The highest BCUT2D eigenvalue weighted by molar-refractivity contribution is 5.97. The fraction of sp³-hybridized carbons (Fsp3) is 0.303. The first kappa shape index (κ1) is 33.5. The van der Waals surface area contributed by atoms with E-state index in [1.807, 2.05) is 12.1 Å². The minimum absolute atomic E-state index is 0.00797. The van der Waals surface area contributed by atoms with Gasteiger partial charge in [0.1, 0.15) is 25.8 Å². The molecule has 3 atom stereocenters. The summed E-state index contributed by atoms with van der Waals surface area (Å²) in [7, 11) is 1.19. The van der Waals surface area contributed by atoms with Crippen molar-refractivity contribution in [1.82, 2.24) is 10.2 Å². The molecule has 2 unspecified atom stereocenters. The van der Waals surface area contributed by atoms with Crippen LogP contribution in [0.15, 0.2) is 91.0 Å². The van der Waals surface area contributed by atoms with Crippen molar-refractivity contribution in [3.63, 3.8) is 0 Å². The Morgan fingerprint density at radius 3 is 1.77 bits per heavy atom. The van der Waals surface area contributed by atoms with Crippen LogP contribution in [0.5, 0.6) is 0 Å². The van der Waals surface area contributed by atoms with E-state index in [0.717, 1.165) is 5.56 Å². The van der Waals surface area contributed by atoms with Gasteiger partial charge in [0.25, 0.3) is 0 Å². The fourth-order valence-corrected chi connectivity index (χ4v) is 4.30. The van der Waals surface area contributed by atoms with Gasteiger partial charge in [0, 0.05) is 12.5 Å². The number of carbonyl (C=O) groups excluding carboxylic acids is 5. The van der Waals surface area contributed by atoms with Crippen molar-refractivity contribution in [2.75, 3.05) is 13.7 Å². The Labute approximate surface area is 256 Å². The molecule has 0 aromatic heterocycles. The molecule has 2 amide bonds. The summed E-state index contributed by atoms with van der Waals surface area (Å²) < 4.78 is 15.3. The van der Waals surface area contributed by atoms with Gasteiger partial charge in [-0.1, -0.05) is 97.9 Å². The maximum atomic E-state index is 13.9. The van der Waals surface area contributed by atoms with Gasteiger partial charge in [0.2, 0.25) is 5.91 Å². The zero-order chi connectivity index (χ0) is 31.9. The van der Waals surface area contributed by atoms with Crippen LogP contribution in [-0.4, -0.2) is 60.4 Å². The molecule has 3 aromatic rings. The monoisotopic (exact) mass is 603 g/mol. The molecule has 44 heavy (non-hydrogen) atoms. The van der Waals surface area contributed by atoms with E-state index in [1.165, 1.54) is 18.9 Å². The van der Waals surface area contributed by atoms with Gasteiger partial charge in [0.05, 0.1) is 19.6 Å². The molecule has 232 valence electrons. The maximum absolute atomic E-state index is 13.9. The van der Waals surface area contributed by atoms with Crippen LogP contribution in [0.3, 0.4) is 0 Å². The third-order valence-corrected chi connectivity index (χ3v) is 6.77. The molecule has 0 aliphatic heterocycles. The summed E-state index contributed by atoms with van der Waals surface area (Å²) in [5.74, 6) is -4.01. The minimum atomic E-state index is -1.48. The molecule has 0 aliphatic rings. The van der Waals surface area contributed by atoms with Gasteiger partial charge in [-0.25, -0.2) is 4.79 Å². The number of amides is 2. The lowest BCUT2D eigenvalue weighted by molar-refractivity contribution is -0.149. The van der Waals surface area contributed by atoms with E-state index in [2.05, 4.69) is 5.32 Å². The first-order valence-electron chi connectivity index (χ1n) is 14.0. The Bertz CT molecular complexity index is 1390. The Kier molecular flexibility index (Phi) is 13.1. The summed E-state index contributed by atoms with van der Waals surface area (Å²) >= 11 is 0. The molecule has 0 spiro atoms. The second kappa shape index (κ2) is 17.2. The van der Waals surface area contributed by atoms with Gasteiger partial charge in [0.15, 0.2) is 5.78 Å². The molecular weight excluding hydrogens is 566 g/mol. The highest BCUT2D eigenvalue weighted by Gasteiger charge is 2.38. The van der Waals surface area contributed by atoms with Crippen LogP contribution < -0.4 is 11.1 Å². The molecule has 0 saturated carbocycles. The highest BCUT2D eigenvalue weighted by Crippen LogP contribution is 2.16. The van der Waals surface area contributed by atoms with E-state index in [1.54, 1.807) is 78.9 Å². The molecule has 11 nitrogen and oxygen atoms in total. The average molecular weight is 604 g/mol. The minimum Gasteiger partial charge on any atom is -0.468 e.